The van der Waals surface area contributed by atoms with Crippen molar-refractivity contribution < 1.29 is 13.2 Å². The zero-order chi connectivity index (χ0) is 16.4. The molecule has 0 spiro atoms. The largest absolute Gasteiger partial charge is 0.378 e. The van der Waals surface area contributed by atoms with Crippen LogP contribution in [0.15, 0.2) is 4.99 Å². The van der Waals surface area contributed by atoms with Crippen LogP contribution in [-0.2, 0) is 14.6 Å². The maximum atomic E-state index is 11.0. The minimum absolute atomic E-state index is 0.0645. The molecule has 1 saturated carbocycles. The van der Waals surface area contributed by atoms with Crippen LogP contribution in [0.4, 0.5) is 0 Å². The Hall–Kier alpha value is -0.820. The Kier molecular flexibility index (Phi) is 8.78. The SMILES string of the molecule is CCNC(=NCCOCCS(C)(=O)=O)NC1CCCC(C)C1. The van der Waals surface area contributed by atoms with Crippen LogP contribution >= 0.6 is 0 Å². The number of nitrogens with zero attached hydrogens (tertiary/aromatic N) is 1. The summed E-state index contributed by atoms with van der Waals surface area (Å²) in [7, 11) is -2.95. The Balaban J connectivity index is 2.29. The fourth-order valence-electron chi connectivity index (χ4n) is 2.61. The molecule has 2 unspecified atom stereocenters. The van der Waals surface area contributed by atoms with Gasteiger partial charge in [0.1, 0.15) is 9.84 Å². The molecule has 0 aromatic carbocycles. The molecule has 1 rings (SSSR count). The van der Waals surface area contributed by atoms with Gasteiger partial charge in [-0.2, -0.15) is 0 Å². The van der Waals surface area contributed by atoms with Crippen LogP contribution in [0.25, 0.3) is 0 Å². The van der Waals surface area contributed by atoms with Crippen molar-refractivity contribution in [3.05, 3.63) is 0 Å². The molecule has 0 saturated heterocycles. The maximum Gasteiger partial charge on any atom is 0.191 e. The summed E-state index contributed by atoms with van der Waals surface area (Å²) in [5.74, 6) is 1.66. The lowest BCUT2D eigenvalue weighted by atomic mass is 9.87. The van der Waals surface area contributed by atoms with Gasteiger partial charge in [0.2, 0.25) is 0 Å². The quantitative estimate of drug-likeness (QED) is 0.396. The molecule has 6 nitrogen and oxygen atoms in total. The number of guanidine groups is 1. The average Bonchev–Trinajstić information content (AvgIpc) is 2.41. The molecule has 7 heteroatoms. The number of ether oxygens (including phenoxy) is 1. The van der Waals surface area contributed by atoms with Gasteiger partial charge in [0, 0.05) is 18.8 Å². The van der Waals surface area contributed by atoms with E-state index >= 15 is 0 Å². The molecule has 1 aliphatic rings. The maximum absolute atomic E-state index is 11.0. The lowest BCUT2D eigenvalue weighted by Crippen LogP contribution is -2.45. The van der Waals surface area contributed by atoms with Gasteiger partial charge >= 0.3 is 0 Å². The van der Waals surface area contributed by atoms with Gasteiger partial charge in [0.15, 0.2) is 5.96 Å². The molecule has 2 N–H and O–H groups in total. The van der Waals surface area contributed by atoms with E-state index in [9.17, 15) is 8.42 Å². The molecule has 0 radical (unpaired) electrons. The Bertz CT molecular complexity index is 437. The van der Waals surface area contributed by atoms with Gasteiger partial charge in [-0.3, -0.25) is 4.99 Å². The van der Waals surface area contributed by atoms with Crippen molar-refractivity contribution in [2.45, 2.75) is 45.6 Å². The fraction of sp³-hybridized carbons (Fsp3) is 0.933. The highest BCUT2D eigenvalue weighted by Gasteiger charge is 2.19. The molecule has 0 bridgehead atoms. The number of hydrogen-bond acceptors (Lipinski definition) is 4. The molecule has 22 heavy (non-hydrogen) atoms. The monoisotopic (exact) mass is 333 g/mol. The van der Waals surface area contributed by atoms with Gasteiger partial charge in [0.05, 0.1) is 25.5 Å². The van der Waals surface area contributed by atoms with Gasteiger partial charge in [-0.25, -0.2) is 8.42 Å². The van der Waals surface area contributed by atoms with E-state index in [1.54, 1.807) is 0 Å². The first-order valence-electron chi connectivity index (χ1n) is 8.21. The summed E-state index contributed by atoms with van der Waals surface area (Å²) < 4.78 is 27.3. The molecule has 1 fully saturated rings. The molecule has 0 amide bonds. The molecule has 0 heterocycles. The van der Waals surface area contributed by atoms with Crippen molar-refractivity contribution in [3.63, 3.8) is 0 Å². The van der Waals surface area contributed by atoms with Crippen LogP contribution in [-0.4, -0.2) is 58.7 Å². The zero-order valence-corrected chi connectivity index (χ0v) is 14.9. The second-order valence-electron chi connectivity index (χ2n) is 6.12. The molecular weight excluding hydrogens is 302 g/mol. The van der Waals surface area contributed by atoms with Gasteiger partial charge in [-0.15, -0.1) is 0 Å². The predicted octanol–water partition coefficient (Wildman–Crippen LogP) is 1.18. The number of rotatable bonds is 8. The zero-order valence-electron chi connectivity index (χ0n) is 14.1. The van der Waals surface area contributed by atoms with Crippen molar-refractivity contribution >= 4 is 15.8 Å². The molecule has 1 aliphatic carbocycles. The summed E-state index contributed by atoms with van der Waals surface area (Å²) in [6.45, 7) is 6.37. The van der Waals surface area contributed by atoms with Crippen LogP contribution in [0.1, 0.15) is 39.5 Å². The third-order valence-corrected chi connectivity index (χ3v) is 4.63. The standard InChI is InChI=1S/C15H31N3O3S/c1-4-16-15(18-14-7-5-6-13(2)12-14)17-8-9-21-10-11-22(3,19)20/h13-14H,4-12H2,1-3H3,(H2,16,17,18). The number of sulfone groups is 1. The molecule has 0 aliphatic heterocycles. The highest BCUT2D eigenvalue weighted by atomic mass is 32.2. The van der Waals surface area contributed by atoms with Crippen molar-refractivity contribution in [1.82, 2.24) is 10.6 Å². The van der Waals surface area contributed by atoms with Crippen LogP contribution < -0.4 is 10.6 Å². The summed E-state index contributed by atoms with van der Waals surface area (Å²) in [6, 6.07) is 0.493. The number of aliphatic imine (C=N–C) groups is 1. The summed E-state index contributed by atoms with van der Waals surface area (Å²) in [6.07, 6.45) is 6.19. The summed E-state index contributed by atoms with van der Waals surface area (Å²) in [5.41, 5.74) is 0. The third-order valence-electron chi connectivity index (χ3n) is 3.73. The Morgan fingerprint density at radius 2 is 2.09 bits per heavy atom. The number of nitrogens with one attached hydrogen (secondary N) is 2. The van der Waals surface area contributed by atoms with E-state index in [0.29, 0.717) is 19.2 Å². The summed E-state index contributed by atoms with van der Waals surface area (Å²) in [5, 5.41) is 6.74. The van der Waals surface area contributed by atoms with E-state index in [1.807, 2.05) is 6.92 Å². The Morgan fingerprint density at radius 1 is 1.32 bits per heavy atom. The van der Waals surface area contributed by atoms with Crippen LogP contribution in [0, 0.1) is 5.92 Å². The van der Waals surface area contributed by atoms with Crippen molar-refractivity contribution in [1.29, 1.82) is 0 Å². The first kappa shape index (κ1) is 19.2. The summed E-state index contributed by atoms with van der Waals surface area (Å²) >= 11 is 0. The highest BCUT2D eigenvalue weighted by molar-refractivity contribution is 7.90. The summed E-state index contributed by atoms with van der Waals surface area (Å²) in [4.78, 5) is 4.49. The van der Waals surface area contributed by atoms with E-state index in [0.717, 1.165) is 18.4 Å². The molecule has 0 aromatic heterocycles. The van der Waals surface area contributed by atoms with E-state index < -0.39 is 9.84 Å². The van der Waals surface area contributed by atoms with E-state index in [-0.39, 0.29) is 12.4 Å². The molecular formula is C15H31N3O3S. The number of hydrogen-bond donors (Lipinski definition) is 2. The van der Waals surface area contributed by atoms with Gasteiger partial charge in [-0.1, -0.05) is 19.8 Å². The van der Waals surface area contributed by atoms with Crippen molar-refractivity contribution in [2.75, 3.05) is 38.3 Å². The van der Waals surface area contributed by atoms with Gasteiger partial charge in [-0.05, 0) is 25.7 Å². The van der Waals surface area contributed by atoms with Crippen LogP contribution in [0.2, 0.25) is 0 Å². The van der Waals surface area contributed by atoms with Gasteiger partial charge < -0.3 is 15.4 Å². The highest BCUT2D eigenvalue weighted by Crippen LogP contribution is 2.23. The lowest BCUT2D eigenvalue weighted by Gasteiger charge is -2.28. The minimum Gasteiger partial charge on any atom is -0.378 e. The van der Waals surface area contributed by atoms with Crippen molar-refractivity contribution in [3.8, 4) is 0 Å². The van der Waals surface area contributed by atoms with E-state index in [1.165, 1.54) is 31.9 Å². The second-order valence-corrected chi connectivity index (χ2v) is 8.38. The van der Waals surface area contributed by atoms with Gasteiger partial charge in [0.25, 0.3) is 0 Å². The molecule has 0 aromatic rings. The Labute approximate surface area is 135 Å². The van der Waals surface area contributed by atoms with Crippen LogP contribution in [0.3, 0.4) is 0 Å². The van der Waals surface area contributed by atoms with E-state index in [4.69, 9.17) is 4.74 Å². The van der Waals surface area contributed by atoms with Crippen molar-refractivity contribution in [2.24, 2.45) is 10.9 Å². The second kappa shape index (κ2) is 10.0. The van der Waals surface area contributed by atoms with Crippen LogP contribution in [0.5, 0.6) is 0 Å². The fourth-order valence-corrected chi connectivity index (χ4v) is 3.03. The van der Waals surface area contributed by atoms with E-state index in [2.05, 4.69) is 22.5 Å². The normalized spacial score (nSPS) is 23.3. The molecule has 130 valence electrons. The first-order chi connectivity index (χ1) is 10.4. The minimum atomic E-state index is -2.95. The lowest BCUT2D eigenvalue weighted by molar-refractivity contribution is 0.157. The average molecular weight is 333 g/mol. The first-order valence-corrected chi connectivity index (χ1v) is 10.3. The Morgan fingerprint density at radius 3 is 2.73 bits per heavy atom. The molecule has 2 atom stereocenters. The third kappa shape index (κ3) is 9.25. The smallest absolute Gasteiger partial charge is 0.191 e. The topological polar surface area (TPSA) is 79.8 Å². The predicted molar refractivity (Wildman–Crippen MR) is 91.1 cm³/mol.